The van der Waals surface area contributed by atoms with Gasteiger partial charge in [-0.05, 0) is 26.0 Å². The first-order valence-corrected chi connectivity index (χ1v) is 5.16. The van der Waals surface area contributed by atoms with Gasteiger partial charge in [0, 0.05) is 13.2 Å². The van der Waals surface area contributed by atoms with E-state index in [0.29, 0.717) is 22.9 Å². The Hall–Kier alpha value is -2.35. The number of nitrogens with zero attached hydrogens (tertiary/aromatic N) is 4. The second kappa shape index (κ2) is 4.26. The molecule has 0 aliphatic heterocycles. The first-order chi connectivity index (χ1) is 8.13. The topological polar surface area (TPSA) is 63.7 Å². The number of hydrogen-bond acceptors (Lipinski definition) is 4. The Bertz CT molecular complexity index is 595. The summed E-state index contributed by atoms with van der Waals surface area (Å²) in [6.45, 7) is 3.63. The van der Waals surface area contributed by atoms with Crippen molar-refractivity contribution in [1.29, 1.82) is 5.26 Å². The van der Waals surface area contributed by atoms with Crippen molar-refractivity contribution >= 4 is 0 Å². The molecule has 2 rings (SSSR count). The van der Waals surface area contributed by atoms with Crippen LogP contribution in [-0.4, -0.2) is 14.8 Å². The molecule has 0 saturated carbocycles. The van der Waals surface area contributed by atoms with Crippen molar-refractivity contribution in [2.75, 3.05) is 0 Å². The lowest BCUT2D eigenvalue weighted by atomic mass is 10.3. The molecule has 2 aromatic heterocycles. The SMILES string of the molecule is Cc1ncccc1Oc1c(C#N)c(C)nn1C. The van der Waals surface area contributed by atoms with E-state index in [0.717, 1.165) is 5.69 Å². The largest absolute Gasteiger partial charge is 0.436 e. The Morgan fingerprint density at radius 3 is 2.76 bits per heavy atom. The van der Waals surface area contributed by atoms with E-state index >= 15 is 0 Å². The Labute approximate surface area is 99.3 Å². The molecule has 0 aliphatic rings. The molecular formula is C12H12N4O. The molecule has 2 heterocycles. The number of aromatic nitrogens is 3. The lowest BCUT2D eigenvalue weighted by Gasteiger charge is -2.07. The first-order valence-electron chi connectivity index (χ1n) is 5.16. The predicted molar refractivity (Wildman–Crippen MR) is 61.7 cm³/mol. The van der Waals surface area contributed by atoms with Gasteiger partial charge in [-0.15, -0.1) is 0 Å². The fourth-order valence-electron chi connectivity index (χ4n) is 1.56. The zero-order valence-electron chi connectivity index (χ0n) is 9.93. The van der Waals surface area contributed by atoms with Crippen LogP contribution in [0.15, 0.2) is 18.3 Å². The van der Waals surface area contributed by atoms with E-state index in [2.05, 4.69) is 16.2 Å². The fourth-order valence-corrected chi connectivity index (χ4v) is 1.56. The molecule has 0 saturated heterocycles. The lowest BCUT2D eigenvalue weighted by molar-refractivity contribution is 0.424. The average Bonchev–Trinajstić information content (AvgIpc) is 2.56. The van der Waals surface area contributed by atoms with E-state index in [-0.39, 0.29) is 0 Å². The number of nitriles is 1. The van der Waals surface area contributed by atoms with Crippen molar-refractivity contribution in [3.8, 4) is 17.7 Å². The second-order valence-corrected chi connectivity index (χ2v) is 3.69. The van der Waals surface area contributed by atoms with Gasteiger partial charge < -0.3 is 4.74 Å². The van der Waals surface area contributed by atoms with Crippen LogP contribution in [-0.2, 0) is 7.05 Å². The maximum atomic E-state index is 9.06. The molecule has 0 bridgehead atoms. The van der Waals surface area contributed by atoms with Crippen molar-refractivity contribution in [2.45, 2.75) is 13.8 Å². The maximum absolute atomic E-state index is 9.06. The Morgan fingerprint density at radius 2 is 2.12 bits per heavy atom. The molecule has 0 aliphatic carbocycles. The summed E-state index contributed by atoms with van der Waals surface area (Å²) >= 11 is 0. The van der Waals surface area contributed by atoms with Crippen molar-refractivity contribution in [1.82, 2.24) is 14.8 Å². The summed E-state index contributed by atoms with van der Waals surface area (Å²) in [7, 11) is 1.74. The summed E-state index contributed by atoms with van der Waals surface area (Å²) in [4.78, 5) is 4.13. The minimum atomic E-state index is 0.445. The van der Waals surface area contributed by atoms with E-state index in [1.165, 1.54) is 0 Å². The molecule has 0 spiro atoms. The molecule has 0 unspecified atom stereocenters. The van der Waals surface area contributed by atoms with Gasteiger partial charge in [0.25, 0.3) is 0 Å². The Morgan fingerprint density at radius 1 is 1.35 bits per heavy atom. The minimum absolute atomic E-state index is 0.445. The van der Waals surface area contributed by atoms with E-state index < -0.39 is 0 Å². The van der Waals surface area contributed by atoms with Crippen molar-refractivity contribution in [3.05, 3.63) is 35.3 Å². The van der Waals surface area contributed by atoms with Crippen LogP contribution in [0, 0.1) is 25.2 Å². The summed E-state index contributed by atoms with van der Waals surface area (Å²) in [6.07, 6.45) is 1.70. The van der Waals surface area contributed by atoms with Crippen LogP contribution in [0.3, 0.4) is 0 Å². The normalized spacial score (nSPS) is 10.0. The molecule has 5 heteroatoms. The Kier molecular flexibility index (Phi) is 2.79. The minimum Gasteiger partial charge on any atom is -0.436 e. The van der Waals surface area contributed by atoms with Gasteiger partial charge in [0.2, 0.25) is 5.88 Å². The van der Waals surface area contributed by atoms with E-state index in [4.69, 9.17) is 10.00 Å². The molecule has 2 aromatic rings. The molecule has 17 heavy (non-hydrogen) atoms. The lowest BCUT2D eigenvalue weighted by Crippen LogP contribution is -1.97. The van der Waals surface area contributed by atoms with Gasteiger partial charge in [-0.25, -0.2) is 4.68 Å². The molecular weight excluding hydrogens is 216 g/mol. The third kappa shape index (κ3) is 1.97. The second-order valence-electron chi connectivity index (χ2n) is 3.69. The summed E-state index contributed by atoms with van der Waals surface area (Å²) in [6, 6.07) is 5.70. The monoisotopic (exact) mass is 228 g/mol. The van der Waals surface area contributed by atoms with Gasteiger partial charge in [0.1, 0.15) is 11.6 Å². The van der Waals surface area contributed by atoms with Gasteiger partial charge in [-0.2, -0.15) is 10.4 Å². The highest BCUT2D eigenvalue weighted by Gasteiger charge is 2.15. The molecule has 0 amide bonds. The summed E-state index contributed by atoms with van der Waals surface area (Å²) < 4.78 is 7.25. The van der Waals surface area contributed by atoms with Crippen molar-refractivity contribution in [2.24, 2.45) is 7.05 Å². The average molecular weight is 228 g/mol. The van der Waals surface area contributed by atoms with Crippen LogP contribution in [0.2, 0.25) is 0 Å². The third-order valence-corrected chi connectivity index (χ3v) is 2.45. The zero-order chi connectivity index (χ0) is 12.4. The fraction of sp³-hybridized carbons (Fsp3) is 0.250. The van der Waals surface area contributed by atoms with Crippen LogP contribution in [0.4, 0.5) is 0 Å². The number of aryl methyl sites for hydroxylation is 3. The molecule has 0 atom stereocenters. The number of rotatable bonds is 2. The zero-order valence-corrected chi connectivity index (χ0v) is 9.93. The first kappa shape index (κ1) is 11.1. The predicted octanol–water partition coefficient (Wildman–Crippen LogP) is 2.10. The van der Waals surface area contributed by atoms with Gasteiger partial charge in [-0.1, -0.05) is 0 Å². The van der Waals surface area contributed by atoms with Gasteiger partial charge >= 0.3 is 0 Å². The Balaban J connectivity index is 2.44. The number of hydrogen-bond donors (Lipinski definition) is 0. The van der Waals surface area contributed by atoms with Crippen LogP contribution in [0.5, 0.6) is 11.6 Å². The van der Waals surface area contributed by atoms with E-state index in [1.54, 1.807) is 30.9 Å². The van der Waals surface area contributed by atoms with Gasteiger partial charge in [0.15, 0.2) is 5.75 Å². The molecule has 0 fully saturated rings. The number of pyridine rings is 1. The molecule has 5 nitrogen and oxygen atoms in total. The highest BCUT2D eigenvalue weighted by molar-refractivity contribution is 5.44. The summed E-state index contributed by atoms with van der Waals surface area (Å²) in [5.74, 6) is 1.08. The molecule has 0 radical (unpaired) electrons. The van der Waals surface area contributed by atoms with Crippen LogP contribution in [0.25, 0.3) is 0 Å². The molecule has 0 N–H and O–H groups in total. The summed E-state index contributed by atoms with van der Waals surface area (Å²) in [5, 5.41) is 13.2. The smallest absolute Gasteiger partial charge is 0.235 e. The van der Waals surface area contributed by atoms with Gasteiger partial charge in [-0.3, -0.25) is 4.98 Å². The highest BCUT2D eigenvalue weighted by Crippen LogP contribution is 2.27. The van der Waals surface area contributed by atoms with Crippen LogP contribution in [0.1, 0.15) is 17.0 Å². The molecule has 0 aromatic carbocycles. The van der Waals surface area contributed by atoms with Crippen molar-refractivity contribution in [3.63, 3.8) is 0 Å². The van der Waals surface area contributed by atoms with Crippen molar-refractivity contribution < 1.29 is 4.74 Å². The quantitative estimate of drug-likeness (QED) is 0.789. The standard InChI is InChI=1S/C12H12N4O/c1-8-10(7-13)12(16(3)15-8)17-11-5-4-6-14-9(11)2/h4-6H,1-3H3. The maximum Gasteiger partial charge on any atom is 0.235 e. The summed E-state index contributed by atoms with van der Waals surface area (Å²) in [5.41, 5.74) is 1.89. The highest BCUT2D eigenvalue weighted by atomic mass is 16.5. The third-order valence-electron chi connectivity index (χ3n) is 2.45. The van der Waals surface area contributed by atoms with Crippen LogP contribution < -0.4 is 4.74 Å². The number of ether oxygens (including phenoxy) is 1. The molecule has 86 valence electrons. The van der Waals surface area contributed by atoms with E-state index in [1.807, 2.05) is 13.0 Å². The van der Waals surface area contributed by atoms with Crippen LogP contribution >= 0.6 is 0 Å². The van der Waals surface area contributed by atoms with Gasteiger partial charge in [0.05, 0.1) is 11.4 Å². The van der Waals surface area contributed by atoms with E-state index in [9.17, 15) is 0 Å².